The molecule has 6 heteroatoms. The number of fused-ring (bicyclic) bond motifs is 1. The number of Topliss-reactive ketones (excluding diaryl/α,β-unsaturated/α-hetero) is 1. The highest BCUT2D eigenvalue weighted by Gasteiger charge is 2.40. The van der Waals surface area contributed by atoms with Gasteiger partial charge in [-0.3, -0.25) is 19.3 Å². The number of benzene rings is 2. The zero-order valence-corrected chi connectivity index (χ0v) is 16.8. The van der Waals surface area contributed by atoms with E-state index in [9.17, 15) is 19.2 Å². The maximum atomic E-state index is 12.9. The number of hydrogen-bond acceptors (Lipinski definition) is 5. The van der Waals surface area contributed by atoms with E-state index < -0.39 is 12.1 Å². The second kappa shape index (κ2) is 8.22. The van der Waals surface area contributed by atoms with Crippen LogP contribution in [0.4, 0.5) is 0 Å². The van der Waals surface area contributed by atoms with Gasteiger partial charge in [-0.05, 0) is 38.0 Å². The van der Waals surface area contributed by atoms with Crippen LogP contribution in [0.15, 0.2) is 48.5 Å². The van der Waals surface area contributed by atoms with Gasteiger partial charge < -0.3 is 4.74 Å². The van der Waals surface area contributed by atoms with Crippen LogP contribution >= 0.6 is 0 Å². The molecule has 0 radical (unpaired) electrons. The number of ketones is 1. The van der Waals surface area contributed by atoms with Crippen molar-refractivity contribution in [2.45, 2.75) is 51.2 Å². The number of carbonyl (C=O) groups is 4. The first-order valence-corrected chi connectivity index (χ1v) is 10.3. The molecule has 2 aromatic carbocycles. The van der Waals surface area contributed by atoms with Gasteiger partial charge in [0.25, 0.3) is 11.8 Å². The SMILES string of the molecule is C[C@@H](OC(=O)c1ccc2c(c1)C(=O)N(C1CCCCC1)C2=O)C(=O)c1ccccc1. The summed E-state index contributed by atoms with van der Waals surface area (Å²) in [5.41, 5.74) is 1.14. The normalized spacial score (nSPS) is 17.6. The molecule has 0 aromatic heterocycles. The minimum Gasteiger partial charge on any atom is -0.451 e. The van der Waals surface area contributed by atoms with E-state index in [-0.39, 0.29) is 34.8 Å². The largest absolute Gasteiger partial charge is 0.451 e. The fraction of sp³-hybridized carbons (Fsp3) is 0.333. The molecule has 1 fully saturated rings. The molecule has 0 N–H and O–H groups in total. The summed E-state index contributed by atoms with van der Waals surface area (Å²) in [6.45, 7) is 1.51. The summed E-state index contributed by atoms with van der Waals surface area (Å²) < 4.78 is 5.32. The minimum absolute atomic E-state index is 0.0786. The Balaban J connectivity index is 1.50. The summed E-state index contributed by atoms with van der Waals surface area (Å²) in [6, 6.07) is 12.9. The molecule has 0 unspecified atom stereocenters. The first kappa shape index (κ1) is 20.0. The minimum atomic E-state index is -0.968. The molecular weight excluding hydrogens is 382 g/mol. The lowest BCUT2D eigenvalue weighted by Gasteiger charge is -2.29. The lowest BCUT2D eigenvalue weighted by molar-refractivity contribution is 0.0318. The van der Waals surface area contributed by atoms with Crippen LogP contribution in [-0.4, -0.2) is 40.6 Å². The van der Waals surface area contributed by atoms with Gasteiger partial charge in [-0.1, -0.05) is 49.6 Å². The predicted molar refractivity (Wildman–Crippen MR) is 109 cm³/mol. The summed E-state index contributed by atoms with van der Waals surface area (Å²) in [5.74, 6) is -1.66. The monoisotopic (exact) mass is 405 g/mol. The summed E-state index contributed by atoms with van der Waals surface area (Å²) in [7, 11) is 0. The van der Waals surface area contributed by atoms with Crippen LogP contribution in [0, 0.1) is 0 Å². The molecule has 1 saturated carbocycles. The van der Waals surface area contributed by atoms with Crippen LogP contribution in [-0.2, 0) is 4.74 Å². The highest BCUT2D eigenvalue weighted by atomic mass is 16.5. The Hall–Kier alpha value is -3.28. The highest BCUT2D eigenvalue weighted by Crippen LogP contribution is 2.31. The molecule has 2 aromatic rings. The fourth-order valence-electron chi connectivity index (χ4n) is 4.18. The average molecular weight is 405 g/mol. The third-order valence-electron chi connectivity index (χ3n) is 5.80. The van der Waals surface area contributed by atoms with E-state index in [0.29, 0.717) is 11.1 Å². The Morgan fingerprint density at radius 3 is 2.27 bits per heavy atom. The molecule has 1 heterocycles. The van der Waals surface area contributed by atoms with Gasteiger partial charge in [-0.2, -0.15) is 0 Å². The van der Waals surface area contributed by atoms with Crippen LogP contribution < -0.4 is 0 Å². The highest BCUT2D eigenvalue weighted by molar-refractivity contribution is 6.22. The van der Waals surface area contributed by atoms with Crippen molar-refractivity contribution in [1.29, 1.82) is 0 Å². The van der Waals surface area contributed by atoms with Gasteiger partial charge in [0.1, 0.15) is 0 Å². The fourth-order valence-corrected chi connectivity index (χ4v) is 4.18. The topological polar surface area (TPSA) is 80.8 Å². The lowest BCUT2D eigenvalue weighted by atomic mass is 9.94. The van der Waals surface area contributed by atoms with Crippen molar-refractivity contribution >= 4 is 23.6 Å². The Morgan fingerprint density at radius 1 is 0.900 bits per heavy atom. The van der Waals surface area contributed by atoms with Crippen molar-refractivity contribution in [3.05, 3.63) is 70.8 Å². The van der Waals surface area contributed by atoms with E-state index in [2.05, 4.69) is 0 Å². The summed E-state index contributed by atoms with van der Waals surface area (Å²) in [6.07, 6.45) is 3.80. The smallest absolute Gasteiger partial charge is 0.338 e. The summed E-state index contributed by atoms with van der Waals surface area (Å²) >= 11 is 0. The molecule has 2 amide bonds. The van der Waals surface area contributed by atoms with Gasteiger partial charge >= 0.3 is 5.97 Å². The second-order valence-corrected chi connectivity index (χ2v) is 7.81. The van der Waals surface area contributed by atoms with Crippen LogP contribution in [0.1, 0.15) is 80.5 Å². The molecule has 154 valence electrons. The van der Waals surface area contributed by atoms with E-state index in [1.54, 1.807) is 30.3 Å². The molecule has 6 nitrogen and oxygen atoms in total. The number of rotatable bonds is 5. The van der Waals surface area contributed by atoms with Gasteiger partial charge in [0.15, 0.2) is 6.10 Å². The number of ether oxygens (including phenoxy) is 1. The molecule has 0 bridgehead atoms. The quantitative estimate of drug-likeness (QED) is 0.426. The number of amides is 2. The first-order chi connectivity index (χ1) is 14.5. The van der Waals surface area contributed by atoms with E-state index in [1.165, 1.54) is 30.0 Å². The van der Waals surface area contributed by atoms with Crippen molar-refractivity contribution < 1.29 is 23.9 Å². The number of esters is 1. The standard InChI is InChI=1S/C24H23NO5/c1-15(21(26)16-8-4-2-5-9-16)30-24(29)17-12-13-19-20(14-17)23(28)25(22(19)27)18-10-6-3-7-11-18/h2,4-5,8-9,12-15,18H,3,6-7,10-11H2,1H3/t15-/m1/s1. The summed E-state index contributed by atoms with van der Waals surface area (Å²) in [4.78, 5) is 52.0. The van der Waals surface area contributed by atoms with Crippen molar-refractivity contribution in [3.8, 4) is 0 Å². The molecule has 0 saturated heterocycles. The van der Waals surface area contributed by atoms with Gasteiger partial charge in [0, 0.05) is 11.6 Å². The molecule has 30 heavy (non-hydrogen) atoms. The maximum Gasteiger partial charge on any atom is 0.338 e. The Morgan fingerprint density at radius 2 is 1.57 bits per heavy atom. The van der Waals surface area contributed by atoms with Gasteiger partial charge in [0.2, 0.25) is 5.78 Å². The second-order valence-electron chi connectivity index (χ2n) is 7.81. The third kappa shape index (κ3) is 3.65. The van der Waals surface area contributed by atoms with E-state index in [0.717, 1.165) is 32.1 Å². The lowest BCUT2D eigenvalue weighted by Crippen LogP contribution is -2.40. The zero-order chi connectivity index (χ0) is 21.3. The van der Waals surface area contributed by atoms with Crippen molar-refractivity contribution in [2.24, 2.45) is 0 Å². The first-order valence-electron chi connectivity index (χ1n) is 10.3. The number of carbonyl (C=O) groups excluding carboxylic acids is 4. The zero-order valence-electron chi connectivity index (χ0n) is 16.8. The average Bonchev–Trinajstić information content (AvgIpc) is 3.03. The van der Waals surface area contributed by atoms with E-state index in [1.807, 2.05) is 0 Å². The number of hydrogen-bond donors (Lipinski definition) is 0. The molecule has 1 aliphatic carbocycles. The van der Waals surface area contributed by atoms with Crippen LogP contribution in [0.5, 0.6) is 0 Å². The molecule has 4 rings (SSSR count). The summed E-state index contributed by atoms with van der Waals surface area (Å²) in [5, 5.41) is 0. The van der Waals surface area contributed by atoms with Crippen LogP contribution in [0.3, 0.4) is 0 Å². The molecular formula is C24H23NO5. The Labute approximate surface area is 174 Å². The molecule has 0 spiro atoms. The number of imide groups is 1. The van der Waals surface area contributed by atoms with E-state index in [4.69, 9.17) is 4.74 Å². The van der Waals surface area contributed by atoms with E-state index >= 15 is 0 Å². The van der Waals surface area contributed by atoms with Crippen LogP contribution in [0.2, 0.25) is 0 Å². The van der Waals surface area contributed by atoms with Crippen molar-refractivity contribution in [2.75, 3.05) is 0 Å². The Kier molecular flexibility index (Phi) is 5.48. The van der Waals surface area contributed by atoms with Crippen molar-refractivity contribution in [1.82, 2.24) is 4.90 Å². The third-order valence-corrected chi connectivity index (χ3v) is 5.80. The van der Waals surface area contributed by atoms with Gasteiger partial charge in [-0.25, -0.2) is 4.79 Å². The Bertz CT molecular complexity index is 1010. The maximum absolute atomic E-state index is 12.9. The predicted octanol–water partition coefficient (Wildman–Crippen LogP) is 4.04. The molecule has 1 aliphatic heterocycles. The van der Waals surface area contributed by atoms with Gasteiger partial charge in [0.05, 0.1) is 16.7 Å². The number of nitrogens with zero attached hydrogens (tertiary/aromatic N) is 1. The molecule has 1 atom stereocenters. The molecule has 2 aliphatic rings. The van der Waals surface area contributed by atoms with Gasteiger partial charge in [-0.15, -0.1) is 0 Å². The van der Waals surface area contributed by atoms with Crippen molar-refractivity contribution in [3.63, 3.8) is 0 Å². The van der Waals surface area contributed by atoms with Crippen LogP contribution in [0.25, 0.3) is 0 Å².